The summed E-state index contributed by atoms with van der Waals surface area (Å²) in [6.07, 6.45) is 10.2. The molecule has 0 saturated heterocycles. The summed E-state index contributed by atoms with van der Waals surface area (Å²) >= 11 is 0. The highest BCUT2D eigenvalue weighted by Crippen LogP contribution is 2.57. The average molecular weight is 239 g/mol. The van der Waals surface area contributed by atoms with Gasteiger partial charge < -0.3 is 0 Å². The van der Waals surface area contributed by atoms with Gasteiger partial charge in [-0.25, -0.2) is 0 Å². The normalized spacial score (nSPS) is 37.1. The molecule has 0 spiro atoms. The zero-order chi connectivity index (χ0) is 12.1. The number of carbonyl (C=O) groups excluding carboxylic acids is 1. The lowest BCUT2D eigenvalue weighted by Gasteiger charge is -2.26. The molecule has 0 radical (unpaired) electrons. The van der Waals surface area contributed by atoms with E-state index < -0.39 is 0 Å². The van der Waals surface area contributed by atoms with Crippen molar-refractivity contribution in [1.29, 1.82) is 0 Å². The second kappa shape index (κ2) is 3.78. The molecule has 0 N–H and O–H groups in total. The molecule has 1 aromatic rings. The standard InChI is InChI=1S/C16H17NO/c18-16(13-3-1-2-8-17-13)15-12-7-6-11(9-12)14(15)10-4-5-10/h1-3,6-8,10-12,14-15H,4-5,9H2/t11-,12+,14+,15+/m1/s1. The molecule has 3 aliphatic carbocycles. The lowest BCUT2D eigenvalue weighted by molar-refractivity contribution is 0.0839. The van der Waals surface area contributed by atoms with E-state index in [0.717, 1.165) is 5.92 Å². The minimum Gasteiger partial charge on any atom is -0.292 e. The van der Waals surface area contributed by atoms with Crippen LogP contribution in [0.5, 0.6) is 0 Å². The monoisotopic (exact) mass is 239 g/mol. The SMILES string of the molecule is O=C(c1ccccn1)[C@@H]1[C@@H](C2CC2)[C@@H]2C=C[C@H]1C2. The molecule has 2 bridgehead atoms. The molecule has 1 aromatic heterocycles. The molecular formula is C16H17NO. The van der Waals surface area contributed by atoms with Crippen molar-refractivity contribution in [3.63, 3.8) is 0 Å². The van der Waals surface area contributed by atoms with Gasteiger partial charge in [0.15, 0.2) is 5.78 Å². The Bertz CT molecular complexity index is 503. The Morgan fingerprint density at radius 1 is 1.17 bits per heavy atom. The van der Waals surface area contributed by atoms with E-state index in [-0.39, 0.29) is 11.7 Å². The van der Waals surface area contributed by atoms with Gasteiger partial charge in [-0.2, -0.15) is 0 Å². The summed E-state index contributed by atoms with van der Waals surface area (Å²) in [6, 6.07) is 5.65. The minimum atomic E-state index is 0.211. The summed E-state index contributed by atoms with van der Waals surface area (Å²) in [6.45, 7) is 0. The molecule has 4 rings (SSSR count). The van der Waals surface area contributed by atoms with E-state index in [9.17, 15) is 4.79 Å². The van der Waals surface area contributed by atoms with Crippen LogP contribution in [0.4, 0.5) is 0 Å². The maximum absolute atomic E-state index is 12.7. The first-order chi connectivity index (χ1) is 8.84. The maximum Gasteiger partial charge on any atom is 0.185 e. The maximum atomic E-state index is 12.7. The Labute approximate surface area is 107 Å². The second-order valence-electron chi connectivity index (χ2n) is 5.97. The van der Waals surface area contributed by atoms with Crippen LogP contribution < -0.4 is 0 Å². The topological polar surface area (TPSA) is 30.0 Å². The van der Waals surface area contributed by atoms with Crippen LogP contribution in [-0.2, 0) is 0 Å². The summed E-state index contributed by atoms with van der Waals surface area (Å²) in [4.78, 5) is 16.9. The van der Waals surface area contributed by atoms with E-state index in [2.05, 4.69) is 17.1 Å². The molecule has 0 aliphatic heterocycles. The van der Waals surface area contributed by atoms with E-state index in [4.69, 9.17) is 0 Å². The number of Topliss-reactive ketones (excluding diaryl/α,β-unsaturated/α-hetero) is 1. The van der Waals surface area contributed by atoms with Gasteiger partial charge in [0.05, 0.1) is 0 Å². The number of pyridine rings is 1. The van der Waals surface area contributed by atoms with Crippen molar-refractivity contribution >= 4 is 5.78 Å². The fraction of sp³-hybridized carbons (Fsp3) is 0.500. The number of hydrogen-bond acceptors (Lipinski definition) is 2. The van der Waals surface area contributed by atoms with E-state index in [1.54, 1.807) is 6.20 Å². The molecule has 2 fully saturated rings. The average Bonchev–Trinajstić information content (AvgIpc) is 3.06. The quantitative estimate of drug-likeness (QED) is 0.599. The Balaban J connectivity index is 1.67. The number of allylic oxidation sites excluding steroid dienone is 2. The summed E-state index contributed by atoms with van der Waals surface area (Å²) in [5.74, 6) is 3.05. The van der Waals surface area contributed by atoms with Gasteiger partial charge in [0.2, 0.25) is 0 Å². The molecule has 2 nitrogen and oxygen atoms in total. The largest absolute Gasteiger partial charge is 0.292 e. The van der Waals surface area contributed by atoms with Crippen molar-refractivity contribution in [2.24, 2.45) is 29.6 Å². The van der Waals surface area contributed by atoms with E-state index in [0.29, 0.717) is 23.4 Å². The summed E-state index contributed by atoms with van der Waals surface area (Å²) in [5.41, 5.74) is 0.661. The minimum absolute atomic E-state index is 0.211. The Hall–Kier alpha value is -1.44. The molecule has 0 aromatic carbocycles. The predicted molar refractivity (Wildman–Crippen MR) is 69.0 cm³/mol. The fourth-order valence-electron chi connectivity index (χ4n) is 4.03. The first-order valence-corrected chi connectivity index (χ1v) is 6.98. The van der Waals surface area contributed by atoms with Gasteiger partial charge in [0, 0.05) is 12.1 Å². The highest BCUT2D eigenvalue weighted by molar-refractivity contribution is 5.97. The highest BCUT2D eigenvalue weighted by atomic mass is 16.1. The summed E-state index contributed by atoms with van der Waals surface area (Å²) in [7, 11) is 0. The van der Waals surface area contributed by atoms with Gasteiger partial charge in [-0.05, 0) is 55.1 Å². The molecule has 3 aliphatic rings. The van der Waals surface area contributed by atoms with Gasteiger partial charge in [-0.15, -0.1) is 0 Å². The second-order valence-corrected chi connectivity index (χ2v) is 5.97. The summed E-state index contributed by atoms with van der Waals surface area (Å²) < 4.78 is 0. The first kappa shape index (κ1) is 10.5. The van der Waals surface area contributed by atoms with Crippen molar-refractivity contribution in [3.8, 4) is 0 Å². The Morgan fingerprint density at radius 2 is 2.00 bits per heavy atom. The van der Waals surface area contributed by atoms with Crippen molar-refractivity contribution in [2.75, 3.05) is 0 Å². The Kier molecular flexibility index (Phi) is 2.20. The van der Waals surface area contributed by atoms with Crippen LogP contribution in [0.15, 0.2) is 36.5 Å². The number of ketones is 1. The predicted octanol–water partition coefficient (Wildman–Crippen LogP) is 3.11. The zero-order valence-electron chi connectivity index (χ0n) is 10.3. The number of aromatic nitrogens is 1. The van der Waals surface area contributed by atoms with Gasteiger partial charge in [0.1, 0.15) is 5.69 Å². The number of carbonyl (C=O) groups is 1. The molecule has 2 heteroatoms. The molecule has 18 heavy (non-hydrogen) atoms. The van der Waals surface area contributed by atoms with Crippen LogP contribution >= 0.6 is 0 Å². The van der Waals surface area contributed by atoms with Gasteiger partial charge in [0.25, 0.3) is 0 Å². The smallest absolute Gasteiger partial charge is 0.185 e. The molecule has 0 amide bonds. The van der Waals surface area contributed by atoms with Crippen LogP contribution in [0.3, 0.4) is 0 Å². The van der Waals surface area contributed by atoms with Crippen molar-refractivity contribution < 1.29 is 4.79 Å². The fourth-order valence-corrected chi connectivity index (χ4v) is 4.03. The number of rotatable bonds is 3. The lowest BCUT2D eigenvalue weighted by Crippen LogP contribution is -2.29. The molecule has 2 saturated carbocycles. The number of nitrogens with zero attached hydrogens (tertiary/aromatic N) is 1. The Morgan fingerprint density at radius 3 is 2.72 bits per heavy atom. The molecule has 0 unspecified atom stereocenters. The van der Waals surface area contributed by atoms with E-state index >= 15 is 0 Å². The number of fused-ring (bicyclic) bond motifs is 2. The first-order valence-electron chi connectivity index (χ1n) is 6.98. The summed E-state index contributed by atoms with van der Waals surface area (Å²) in [5, 5.41) is 0. The van der Waals surface area contributed by atoms with E-state index in [1.165, 1.54) is 19.3 Å². The van der Waals surface area contributed by atoms with Crippen LogP contribution in [0.2, 0.25) is 0 Å². The van der Waals surface area contributed by atoms with Gasteiger partial charge >= 0.3 is 0 Å². The third-order valence-electron chi connectivity index (χ3n) is 4.91. The van der Waals surface area contributed by atoms with E-state index in [1.807, 2.05) is 18.2 Å². The molecular weight excluding hydrogens is 222 g/mol. The highest BCUT2D eigenvalue weighted by Gasteiger charge is 2.53. The van der Waals surface area contributed by atoms with Crippen molar-refractivity contribution in [3.05, 3.63) is 42.2 Å². The van der Waals surface area contributed by atoms with Crippen LogP contribution in [-0.4, -0.2) is 10.8 Å². The molecule has 92 valence electrons. The third-order valence-corrected chi connectivity index (χ3v) is 4.91. The van der Waals surface area contributed by atoms with Gasteiger partial charge in [-0.1, -0.05) is 18.2 Å². The van der Waals surface area contributed by atoms with Crippen LogP contribution in [0, 0.1) is 29.6 Å². The van der Waals surface area contributed by atoms with Gasteiger partial charge in [-0.3, -0.25) is 9.78 Å². The van der Waals surface area contributed by atoms with Crippen molar-refractivity contribution in [2.45, 2.75) is 19.3 Å². The third kappa shape index (κ3) is 1.48. The zero-order valence-corrected chi connectivity index (χ0v) is 10.3. The lowest BCUT2D eigenvalue weighted by atomic mass is 9.76. The van der Waals surface area contributed by atoms with Crippen molar-refractivity contribution in [1.82, 2.24) is 4.98 Å². The van der Waals surface area contributed by atoms with Crippen LogP contribution in [0.25, 0.3) is 0 Å². The number of hydrogen-bond donors (Lipinski definition) is 0. The van der Waals surface area contributed by atoms with Crippen LogP contribution in [0.1, 0.15) is 29.8 Å². The molecule has 1 heterocycles. The molecule has 4 atom stereocenters.